The molecule has 0 fully saturated rings. The number of rotatable bonds is 9. The quantitative estimate of drug-likeness (QED) is 0.207. The summed E-state index contributed by atoms with van der Waals surface area (Å²) in [6.45, 7) is 0. The molecule has 3 rings (SSSR count). The van der Waals surface area contributed by atoms with E-state index in [1.165, 1.54) is 77.1 Å². The van der Waals surface area contributed by atoms with Crippen molar-refractivity contribution in [1.29, 1.82) is 0 Å². The molecule has 0 saturated heterocycles. The summed E-state index contributed by atoms with van der Waals surface area (Å²) in [6.07, 6.45) is 1.41. The van der Waals surface area contributed by atoms with E-state index in [1.807, 2.05) is 0 Å². The number of hydrogen-bond acceptors (Lipinski definition) is 9. The van der Waals surface area contributed by atoms with Gasteiger partial charge in [0.25, 0.3) is 5.91 Å². The predicted octanol–water partition coefficient (Wildman–Crippen LogP) is 3.41. The molecule has 10 nitrogen and oxygen atoms in total. The highest BCUT2D eigenvalue weighted by Gasteiger charge is 2.19. The SMILES string of the molecule is COc1cc(/C=N/NC(=O)c2ccc(O)cc2)ccc1OC(=O)c1cc(OC)c(OC)c(OC)c1. The van der Waals surface area contributed by atoms with Crippen molar-refractivity contribution in [3.8, 4) is 34.5 Å². The number of carbonyl (C=O) groups is 2. The summed E-state index contributed by atoms with van der Waals surface area (Å²) in [4.78, 5) is 24.9. The van der Waals surface area contributed by atoms with Gasteiger partial charge in [-0.15, -0.1) is 0 Å². The van der Waals surface area contributed by atoms with Gasteiger partial charge in [-0.05, 0) is 60.2 Å². The molecule has 182 valence electrons. The Morgan fingerprint density at radius 2 is 1.40 bits per heavy atom. The molecular formula is C25H24N2O8. The number of nitrogens with zero attached hydrogens (tertiary/aromatic N) is 1. The first-order chi connectivity index (χ1) is 16.9. The molecular weight excluding hydrogens is 456 g/mol. The number of esters is 1. The third-order valence-electron chi connectivity index (χ3n) is 4.80. The van der Waals surface area contributed by atoms with Crippen LogP contribution in [0.15, 0.2) is 59.7 Å². The molecule has 0 bridgehead atoms. The summed E-state index contributed by atoms with van der Waals surface area (Å²) in [5.41, 5.74) is 3.50. The van der Waals surface area contributed by atoms with Crippen molar-refractivity contribution in [1.82, 2.24) is 5.43 Å². The van der Waals surface area contributed by atoms with E-state index in [0.717, 1.165) is 0 Å². The molecule has 0 aromatic heterocycles. The molecule has 10 heteroatoms. The Hall–Kier alpha value is -4.73. The molecule has 0 aliphatic carbocycles. The van der Waals surface area contributed by atoms with E-state index in [0.29, 0.717) is 28.4 Å². The number of aromatic hydroxyl groups is 1. The topological polar surface area (TPSA) is 125 Å². The van der Waals surface area contributed by atoms with Gasteiger partial charge in [0.2, 0.25) is 5.75 Å². The fraction of sp³-hybridized carbons (Fsp3) is 0.160. The first kappa shape index (κ1) is 24.9. The Labute approximate surface area is 201 Å². The maximum Gasteiger partial charge on any atom is 0.343 e. The molecule has 0 saturated carbocycles. The standard InChI is InChI=1S/C25H24N2O8/c1-31-20-11-15(14-26-27-24(29)16-6-8-18(28)9-7-16)5-10-19(20)35-25(30)17-12-21(32-2)23(34-4)22(13-17)33-3/h5-14,28H,1-4H3,(H,27,29)/b26-14+. The van der Waals surface area contributed by atoms with Crippen molar-refractivity contribution in [3.63, 3.8) is 0 Å². The monoisotopic (exact) mass is 480 g/mol. The van der Waals surface area contributed by atoms with Gasteiger partial charge in [-0.2, -0.15) is 5.10 Å². The summed E-state index contributed by atoms with van der Waals surface area (Å²) in [5.74, 6) is 0.386. The highest BCUT2D eigenvalue weighted by atomic mass is 16.6. The summed E-state index contributed by atoms with van der Waals surface area (Å²) < 4.78 is 26.7. The van der Waals surface area contributed by atoms with Crippen LogP contribution >= 0.6 is 0 Å². The van der Waals surface area contributed by atoms with Crippen LogP contribution in [-0.4, -0.2) is 51.6 Å². The number of hydrazone groups is 1. The van der Waals surface area contributed by atoms with Crippen molar-refractivity contribution in [3.05, 3.63) is 71.3 Å². The minimum absolute atomic E-state index is 0.0585. The fourth-order valence-electron chi connectivity index (χ4n) is 3.05. The first-order valence-electron chi connectivity index (χ1n) is 10.2. The lowest BCUT2D eigenvalue weighted by atomic mass is 10.1. The van der Waals surface area contributed by atoms with E-state index >= 15 is 0 Å². The van der Waals surface area contributed by atoms with E-state index < -0.39 is 11.9 Å². The summed E-state index contributed by atoms with van der Waals surface area (Å²) >= 11 is 0. The first-order valence-corrected chi connectivity index (χ1v) is 10.2. The Kier molecular flexibility index (Phi) is 8.12. The lowest BCUT2D eigenvalue weighted by Gasteiger charge is -2.14. The predicted molar refractivity (Wildman–Crippen MR) is 127 cm³/mol. The number of amides is 1. The maximum absolute atomic E-state index is 12.8. The maximum atomic E-state index is 12.8. The summed E-state index contributed by atoms with van der Waals surface area (Å²) in [5, 5.41) is 13.2. The molecule has 0 aliphatic rings. The Morgan fingerprint density at radius 1 is 0.771 bits per heavy atom. The Bertz CT molecular complexity index is 1210. The van der Waals surface area contributed by atoms with Crippen molar-refractivity contribution in [2.45, 2.75) is 0 Å². The minimum atomic E-state index is -0.662. The van der Waals surface area contributed by atoms with Gasteiger partial charge in [0.1, 0.15) is 5.75 Å². The zero-order valence-electron chi connectivity index (χ0n) is 19.5. The molecule has 0 unspecified atom stereocenters. The van der Waals surface area contributed by atoms with Crippen LogP contribution in [0.25, 0.3) is 0 Å². The molecule has 0 atom stereocenters. The third kappa shape index (κ3) is 5.99. The summed E-state index contributed by atoms with van der Waals surface area (Å²) in [6, 6.07) is 13.5. The number of hydrogen-bond donors (Lipinski definition) is 2. The zero-order valence-corrected chi connectivity index (χ0v) is 19.5. The lowest BCUT2D eigenvalue weighted by molar-refractivity contribution is 0.0728. The molecule has 0 spiro atoms. The molecule has 35 heavy (non-hydrogen) atoms. The van der Waals surface area contributed by atoms with Gasteiger partial charge in [0.15, 0.2) is 23.0 Å². The van der Waals surface area contributed by atoms with Gasteiger partial charge in [-0.3, -0.25) is 4.79 Å². The van der Waals surface area contributed by atoms with Gasteiger partial charge in [0, 0.05) is 5.56 Å². The number of phenolic OH excluding ortho intramolecular Hbond substituents is 1. The fourth-order valence-corrected chi connectivity index (χ4v) is 3.05. The lowest BCUT2D eigenvalue weighted by Crippen LogP contribution is -2.17. The highest BCUT2D eigenvalue weighted by Crippen LogP contribution is 2.38. The van der Waals surface area contributed by atoms with Crippen molar-refractivity contribution < 1.29 is 38.4 Å². The molecule has 1 amide bonds. The Morgan fingerprint density at radius 3 is 1.97 bits per heavy atom. The molecule has 0 radical (unpaired) electrons. The van der Waals surface area contributed by atoms with E-state index in [-0.39, 0.29) is 22.8 Å². The molecule has 3 aromatic rings. The average Bonchev–Trinajstić information content (AvgIpc) is 2.88. The smallest absolute Gasteiger partial charge is 0.343 e. The van der Waals surface area contributed by atoms with Gasteiger partial charge in [0.05, 0.1) is 40.2 Å². The van der Waals surface area contributed by atoms with Gasteiger partial charge >= 0.3 is 5.97 Å². The number of methoxy groups -OCH3 is 4. The van der Waals surface area contributed by atoms with Crippen LogP contribution in [0.5, 0.6) is 34.5 Å². The molecule has 0 heterocycles. The van der Waals surface area contributed by atoms with E-state index in [9.17, 15) is 14.7 Å². The van der Waals surface area contributed by atoms with E-state index in [2.05, 4.69) is 10.5 Å². The zero-order chi connectivity index (χ0) is 25.4. The van der Waals surface area contributed by atoms with Gasteiger partial charge < -0.3 is 28.8 Å². The number of nitrogens with one attached hydrogen (secondary N) is 1. The van der Waals surface area contributed by atoms with Crippen molar-refractivity contribution in [2.75, 3.05) is 28.4 Å². The number of phenols is 1. The van der Waals surface area contributed by atoms with Crippen LogP contribution in [0.4, 0.5) is 0 Å². The number of ether oxygens (including phenoxy) is 5. The van der Waals surface area contributed by atoms with Crippen LogP contribution < -0.4 is 29.1 Å². The second-order valence-electron chi connectivity index (χ2n) is 6.96. The van der Waals surface area contributed by atoms with Crippen LogP contribution in [0.3, 0.4) is 0 Å². The van der Waals surface area contributed by atoms with Crippen LogP contribution in [0.1, 0.15) is 26.3 Å². The van der Waals surface area contributed by atoms with Crippen LogP contribution in [0.2, 0.25) is 0 Å². The second kappa shape index (κ2) is 11.4. The number of benzene rings is 3. The van der Waals surface area contributed by atoms with Crippen LogP contribution in [0, 0.1) is 0 Å². The molecule has 2 N–H and O–H groups in total. The summed E-state index contributed by atoms with van der Waals surface area (Å²) in [7, 11) is 5.79. The normalized spacial score (nSPS) is 10.5. The molecule has 0 aliphatic heterocycles. The van der Waals surface area contributed by atoms with E-state index in [4.69, 9.17) is 23.7 Å². The van der Waals surface area contributed by atoms with E-state index in [1.54, 1.807) is 12.1 Å². The second-order valence-corrected chi connectivity index (χ2v) is 6.96. The van der Waals surface area contributed by atoms with Gasteiger partial charge in [-0.1, -0.05) is 0 Å². The molecule has 3 aromatic carbocycles. The minimum Gasteiger partial charge on any atom is -0.508 e. The van der Waals surface area contributed by atoms with Crippen molar-refractivity contribution in [2.24, 2.45) is 5.10 Å². The Balaban J connectivity index is 1.73. The largest absolute Gasteiger partial charge is 0.508 e. The van der Waals surface area contributed by atoms with Gasteiger partial charge in [-0.25, -0.2) is 10.2 Å². The number of carbonyl (C=O) groups excluding carboxylic acids is 2. The highest BCUT2D eigenvalue weighted by molar-refractivity contribution is 5.95. The van der Waals surface area contributed by atoms with Crippen molar-refractivity contribution >= 4 is 18.1 Å². The average molecular weight is 480 g/mol. The third-order valence-corrected chi connectivity index (χ3v) is 4.80. The van der Waals surface area contributed by atoms with Crippen LogP contribution in [-0.2, 0) is 0 Å².